The fourth-order valence-corrected chi connectivity index (χ4v) is 2.68. The molecule has 0 aliphatic heterocycles. The molecule has 0 spiro atoms. The van der Waals surface area contributed by atoms with Crippen LogP contribution in [0.5, 0.6) is 0 Å². The van der Waals surface area contributed by atoms with E-state index in [9.17, 15) is 9.90 Å². The van der Waals surface area contributed by atoms with Gasteiger partial charge in [0, 0.05) is 5.02 Å². The Morgan fingerprint density at radius 2 is 2.00 bits per heavy atom. The topological polar surface area (TPSA) is 55.1 Å². The first-order valence-corrected chi connectivity index (χ1v) is 7.34. The third-order valence-electron chi connectivity index (χ3n) is 3.64. The van der Waals surface area contributed by atoms with Gasteiger partial charge in [0.1, 0.15) is 5.82 Å². The molecule has 22 heavy (non-hydrogen) atoms. The van der Waals surface area contributed by atoms with Gasteiger partial charge >= 0.3 is 0 Å². The highest BCUT2D eigenvalue weighted by atomic mass is 35.5. The van der Waals surface area contributed by atoms with Gasteiger partial charge < -0.3 is 5.11 Å². The molecule has 0 saturated carbocycles. The van der Waals surface area contributed by atoms with E-state index in [0.717, 1.165) is 0 Å². The van der Waals surface area contributed by atoms with Crippen LogP contribution in [-0.4, -0.2) is 14.7 Å². The number of hydrogen-bond donors (Lipinski definition) is 1. The SMILES string of the molecule is Cc1nc2ccccc2c(=O)n1CC(O)c1cccc(Cl)c1. The summed E-state index contributed by atoms with van der Waals surface area (Å²) in [5.41, 5.74) is 1.19. The lowest BCUT2D eigenvalue weighted by molar-refractivity contribution is 0.154. The normalized spacial score (nSPS) is 12.5. The number of hydrogen-bond acceptors (Lipinski definition) is 3. The Labute approximate surface area is 132 Å². The molecular formula is C17H15ClN2O2. The number of rotatable bonds is 3. The molecule has 0 aliphatic carbocycles. The molecule has 1 unspecified atom stereocenters. The van der Waals surface area contributed by atoms with Crippen molar-refractivity contribution in [2.24, 2.45) is 0 Å². The summed E-state index contributed by atoms with van der Waals surface area (Å²) >= 11 is 5.94. The van der Waals surface area contributed by atoms with Crippen LogP contribution in [-0.2, 0) is 6.54 Å². The van der Waals surface area contributed by atoms with Crippen LogP contribution in [0, 0.1) is 6.92 Å². The first-order chi connectivity index (χ1) is 10.6. The summed E-state index contributed by atoms with van der Waals surface area (Å²) in [4.78, 5) is 17.0. The largest absolute Gasteiger partial charge is 0.387 e. The van der Waals surface area contributed by atoms with E-state index in [-0.39, 0.29) is 12.1 Å². The van der Waals surface area contributed by atoms with Crippen molar-refractivity contribution in [1.29, 1.82) is 0 Å². The highest BCUT2D eigenvalue weighted by molar-refractivity contribution is 6.30. The average Bonchev–Trinajstić information content (AvgIpc) is 2.51. The van der Waals surface area contributed by atoms with E-state index in [1.54, 1.807) is 43.3 Å². The number of nitrogens with zero attached hydrogens (tertiary/aromatic N) is 2. The third kappa shape index (κ3) is 2.75. The lowest BCUT2D eigenvalue weighted by Crippen LogP contribution is -2.26. The minimum atomic E-state index is -0.821. The van der Waals surface area contributed by atoms with E-state index < -0.39 is 6.10 Å². The van der Waals surface area contributed by atoms with Crippen molar-refractivity contribution in [3.8, 4) is 0 Å². The zero-order valence-corrected chi connectivity index (χ0v) is 12.8. The summed E-state index contributed by atoms with van der Waals surface area (Å²) in [6.07, 6.45) is -0.821. The maximum Gasteiger partial charge on any atom is 0.261 e. The molecule has 1 heterocycles. The lowest BCUT2D eigenvalue weighted by Gasteiger charge is -2.16. The van der Waals surface area contributed by atoms with E-state index in [4.69, 9.17) is 11.6 Å². The predicted molar refractivity (Wildman–Crippen MR) is 87.2 cm³/mol. The fourth-order valence-electron chi connectivity index (χ4n) is 2.49. The minimum absolute atomic E-state index is 0.142. The van der Waals surface area contributed by atoms with Gasteiger partial charge in [-0.3, -0.25) is 9.36 Å². The summed E-state index contributed by atoms with van der Waals surface area (Å²) in [5.74, 6) is 0.574. The van der Waals surface area contributed by atoms with Crippen molar-refractivity contribution in [3.05, 3.63) is 75.3 Å². The summed E-state index contributed by atoms with van der Waals surface area (Å²) in [7, 11) is 0. The Kier molecular flexibility index (Phi) is 3.96. The Morgan fingerprint density at radius 3 is 2.77 bits per heavy atom. The van der Waals surface area contributed by atoms with Crippen LogP contribution in [0.2, 0.25) is 5.02 Å². The highest BCUT2D eigenvalue weighted by Crippen LogP contribution is 2.19. The highest BCUT2D eigenvalue weighted by Gasteiger charge is 2.13. The number of aryl methyl sites for hydroxylation is 1. The van der Waals surface area contributed by atoms with Crippen molar-refractivity contribution in [3.63, 3.8) is 0 Å². The predicted octanol–water partition coefficient (Wildman–Crippen LogP) is 3.09. The Morgan fingerprint density at radius 1 is 1.23 bits per heavy atom. The molecular weight excluding hydrogens is 300 g/mol. The minimum Gasteiger partial charge on any atom is -0.387 e. The van der Waals surface area contributed by atoms with Crippen LogP contribution >= 0.6 is 11.6 Å². The van der Waals surface area contributed by atoms with Gasteiger partial charge in [-0.2, -0.15) is 0 Å². The van der Waals surface area contributed by atoms with Gasteiger partial charge in [0.2, 0.25) is 0 Å². The summed E-state index contributed by atoms with van der Waals surface area (Å²) in [5, 5.41) is 11.5. The van der Waals surface area contributed by atoms with Gasteiger partial charge in [0.15, 0.2) is 0 Å². The van der Waals surface area contributed by atoms with Crippen LogP contribution < -0.4 is 5.56 Å². The number of aliphatic hydroxyl groups excluding tert-OH is 1. The molecule has 3 aromatic rings. The van der Waals surface area contributed by atoms with E-state index in [1.807, 2.05) is 12.1 Å². The van der Waals surface area contributed by atoms with Gasteiger partial charge in [-0.05, 0) is 36.8 Å². The second-order valence-electron chi connectivity index (χ2n) is 5.16. The Bertz CT molecular complexity index is 889. The maximum atomic E-state index is 12.6. The van der Waals surface area contributed by atoms with Crippen molar-refractivity contribution in [1.82, 2.24) is 9.55 Å². The number of benzene rings is 2. The molecule has 1 aromatic heterocycles. The van der Waals surface area contributed by atoms with Crippen LogP contribution in [0.4, 0.5) is 0 Å². The van der Waals surface area contributed by atoms with Crippen molar-refractivity contribution in [2.45, 2.75) is 19.6 Å². The zero-order valence-electron chi connectivity index (χ0n) is 12.0. The number of para-hydroxylation sites is 1. The maximum absolute atomic E-state index is 12.6. The van der Waals surface area contributed by atoms with Crippen LogP contribution in [0.15, 0.2) is 53.3 Å². The van der Waals surface area contributed by atoms with Gasteiger partial charge in [0.05, 0.1) is 23.6 Å². The van der Waals surface area contributed by atoms with Gasteiger partial charge in [-0.15, -0.1) is 0 Å². The lowest BCUT2D eigenvalue weighted by atomic mass is 10.1. The molecule has 0 aliphatic rings. The smallest absolute Gasteiger partial charge is 0.261 e. The van der Waals surface area contributed by atoms with Crippen molar-refractivity contribution >= 4 is 22.5 Å². The average molecular weight is 315 g/mol. The van der Waals surface area contributed by atoms with Gasteiger partial charge in [-0.1, -0.05) is 35.9 Å². The molecule has 0 radical (unpaired) electrons. The molecule has 5 heteroatoms. The second-order valence-corrected chi connectivity index (χ2v) is 5.60. The van der Waals surface area contributed by atoms with E-state index in [1.165, 1.54) is 4.57 Å². The van der Waals surface area contributed by atoms with Crippen LogP contribution in [0.1, 0.15) is 17.5 Å². The molecule has 112 valence electrons. The number of halogens is 1. The fraction of sp³-hybridized carbons (Fsp3) is 0.176. The summed E-state index contributed by atoms with van der Waals surface area (Å²) in [6.45, 7) is 1.90. The quantitative estimate of drug-likeness (QED) is 0.808. The third-order valence-corrected chi connectivity index (χ3v) is 3.88. The Balaban J connectivity index is 2.02. The first-order valence-electron chi connectivity index (χ1n) is 6.96. The molecule has 0 fully saturated rings. The molecule has 1 N–H and O–H groups in total. The van der Waals surface area contributed by atoms with Crippen molar-refractivity contribution in [2.75, 3.05) is 0 Å². The first kappa shape index (κ1) is 14.8. The molecule has 2 aromatic carbocycles. The second kappa shape index (κ2) is 5.91. The van der Waals surface area contributed by atoms with Crippen molar-refractivity contribution < 1.29 is 5.11 Å². The molecule has 0 bridgehead atoms. The van der Waals surface area contributed by atoms with Gasteiger partial charge in [-0.25, -0.2) is 4.98 Å². The zero-order chi connectivity index (χ0) is 15.7. The summed E-state index contributed by atoms with van der Waals surface area (Å²) in [6, 6.07) is 14.2. The number of aromatic nitrogens is 2. The van der Waals surface area contributed by atoms with E-state index in [0.29, 0.717) is 27.3 Å². The molecule has 1 atom stereocenters. The molecule has 3 rings (SSSR count). The van der Waals surface area contributed by atoms with Crippen LogP contribution in [0.25, 0.3) is 10.9 Å². The molecule has 0 amide bonds. The Hall–Kier alpha value is -2.17. The standard InChI is InChI=1S/C17H15ClN2O2/c1-11-19-15-8-3-2-7-14(15)17(22)20(11)10-16(21)12-5-4-6-13(18)9-12/h2-9,16,21H,10H2,1H3. The number of fused-ring (bicyclic) bond motifs is 1. The summed E-state index contributed by atoms with van der Waals surface area (Å²) < 4.78 is 1.49. The molecule has 4 nitrogen and oxygen atoms in total. The number of aliphatic hydroxyl groups is 1. The van der Waals surface area contributed by atoms with Gasteiger partial charge in [0.25, 0.3) is 5.56 Å². The molecule has 0 saturated heterocycles. The van der Waals surface area contributed by atoms with E-state index in [2.05, 4.69) is 4.98 Å². The van der Waals surface area contributed by atoms with E-state index >= 15 is 0 Å². The van der Waals surface area contributed by atoms with Crippen LogP contribution in [0.3, 0.4) is 0 Å². The monoisotopic (exact) mass is 314 g/mol.